The standard InChI is InChI=1S/C57H103NO5/c1-4-7-10-13-16-19-22-25-26-27-28-29-32-35-38-41-44-47-50-57(62)63-53(48-45-42-39-36-33-30-23-20-17-14-11-8-5-2)51-56(61)58-54(52-59)55(60)49-46-43-40-37-34-31-24-21-18-15-12-9-6-3/h8,11,14,17,20,23,26-29,53-55,59-60H,4-7,9-10,12-13,15-16,18-19,21-22,24-25,30-52H2,1-3H3,(H,58,61)/b11-8+,17-14+,23-20+,27-26+,29-28+. The third kappa shape index (κ3) is 45.9. The first-order valence-electron chi connectivity index (χ1n) is 27.1. The number of hydrogen-bond donors (Lipinski definition) is 3. The highest BCUT2D eigenvalue weighted by Crippen LogP contribution is 2.18. The zero-order valence-electron chi connectivity index (χ0n) is 41.7. The van der Waals surface area contributed by atoms with Crippen LogP contribution in [0.2, 0.25) is 0 Å². The zero-order chi connectivity index (χ0) is 45.9. The van der Waals surface area contributed by atoms with E-state index in [1.165, 1.54) is 116 Å². The molecule has 0 spiro atoms. The number of aliphatic hydroxyl groups excluding tert-OH is 2. The van der Waals surface area contributed by atoms with E-state index in [1.807, 2.05) is 0 Å². The minimum atomic E-state index is -0.797. The Hall–Kier alpha value is -2.44. The largest absolute Gasteiger partial charge is 0.462 e. The fourth-order valence-corrected chi connectivity index (χ4v) is 8.07. The van der Waals surface area contributed by atoms with Crippen LogP contribution in [0.4, 0.5) is 0 Å². The van der Waals surface area contributed by atoms with Gasteiger partial charge in [-0.15, -0.1) is 0 Å². The second-order valence-electron chi connectivity index (χ2n) is 18.3. The molecule has 63 heavy (non-hydrogen) atoms. The van der Waals surface area contributed by atoms with Crippen molar-refractivity contribution < 1.29 is 24.5 Å². The monoisotopic (exact) mass is 882 g/mol. The van der Waals surface area contributed by atoms with Gasteiger partial charge in [0.2, 0.25) is 5.91 Å². The summed E-state index contributed by atoms with van der Waals surface area (Å²) in [5, 5.41) is 23.8. The van der Waals surface area contributed by atoms with Crippen LogP contribution in [0.1, 0.15) is 265 Å². The number of esters is 1. The Bertz CT molecular complexity index is 1130. The maximum atomic E-state index is 13.2. The van der Waals surface area contributed by atoms with E-state index in [0.29, 0.717) is 19.3 Å². The lowest BCUT2D eigenvalue weighted by atomic mass is 10.0. The summed E-state index contributed by atoms with van der Waals surface area (Å²) in [4.78, 5) is 26.2. The number of amides is 1. The number of aliphatic hydroxyl groups is 2. The van der Waals surface area contributed by atoms with Gasteiger partial charge in [0.05, 0.1) is 25.2 Å². The van der Waals surface area contributed by atoms with Gasteiger partial charge in [0.1, 0.15) is 6.10 Å². The molecular weight excluding hydrogens is 779 g/mol. The Kier molecular flexibility index (Phi) is 48.6. The van der Waals surface area contributed by atoms with Crippen LogP contribution in [-0.4, -0.2) is 46.9 Å². The second-order valence-corrected chi connectivity index (χ2v) is 18.3. The zero-order valence-corrected chi connectivity index (χ0v) is 41.7. The quantitative estimate of drug-likeness (QED) is 0.0321. The molecule has 6 heteroatoms. The van der Waals surface area contributed by atoms with Gasteiger partial charge < -0.3 is 20.3 Å². The van der Waals surface area contributed by atoms with Gasteiger partial charge in [-0.1, -0.05) is 242 Å². The lowest BCUT2D eigenvalue weighted by Gasteiger charge is -2.24. The lowest BCUT2D eigenvalue weighted by Crippen LogP contribution is -2.46. The van der Waals surface area contributed by atoms with E-state index in [2.05, 4.69) is 86.8 Å². The number of nitrogens with one attached hydrogen (secondary N) is 1. The van der Waals surface area contributed by atoms with Crippen LogP contribution < -0.4 is 5.32 Å². The number of unbranched alkanes of at least 4 members (excludes halogenated alkanes) is 29. The molecule has 0 aliphatic heterocycles. The van der Waals surface area contributed by atoms with E-state index < -0.39 is 18.2 Å². The molecule has 3 atom stereocenters. The third-order valence-corrected chi connectivity index (χ3v) is 12.2. The molecule has 0 rings (SSSR count). The van der Waals surface area contributed by atoms with Gasteiger partial charge in [-0.2, -0.15) is 0 Å². The number of carbonyl (C=O) groups is 2. The molecule has 366 valence electrons. The lowest BCUT2D eigenvalue weighted by molar-refractivity contribution is -0.151. The molecule has 0 radical (unpaired) electrons. The molecule has 0 bridgehead atoms. The van der Waals surface area contributed by atoms with E-state index in [9.17, 15) is 19.8 Å². The Morgan fingerprint density at radius 1 is 0.476 bits per heavy atom. The van der Waals surface area contributed by atoms with Gasteiger partial charge in [0.25, 0.3) is 0 Å². The first-order chi connectivity index (χ1) is 31.0. The van der Waals surface area contributed by atoms with Gasteiger partial charge in [-0.3, -0.25) is 9.59 Å². The topological polar surface area (TPSA) is 95.9 Å². The van der Waals surface area contributed by atoms with Crippen LogP contribution in [0, 0.1) is 0 Å². The van der Waals surface area contributed by atoms with Crippen molar-refractivity contribution in [3.63, 3.8) is 0 Å². The molecule has 0 aromatic rings. The van der Waals surface area contributed by atoms with Gasteiger partial charge in [0, 0.05) is 6.42 Å². The SMILES string of the molecule is CC/C=C/C=C/C=C/CCCCCCCC(CC(=O)NC(CO)C(O)CCCCCCCCCCCCCCC)OC(=O)CCCCCCC/C=C/C=C/CCCCCCCCC. The highest BCUT2D eigenvalue weighted by Gasteiger charge is 2.24. The van der Waals surface area contributed by atoms with Crippen LogP contribution in [0.5, 0.6) is 0 Å². The average Bonchev–Trinajstić information content (AvgIpc) is 3.28. The first-order valence-corrected chi connectivity index (χ1v) is 27.1. The number of allylic oxidation sites excluding steroid dienone is 10. The number of ether oxygens (including phenoxy) is 1. The predicted octanol–water partition coefficient (Wildman–Crippen LogP) is 16.4. The highest BCUT2D eigenvalue weighted by atomic mass is 16.5. The summed E-state index contributed by atoms with van der Waals surface area (Å²) in [6.45, 7) is 6.35. The summed E-state index contributed by atoms with van der Waals surface area (Å²) in [6, 6.07) is -0.713. The smallest absolute Gasteiger partial charge is 0.306 e. The Balaban J connectivity index is 4.59. The molecule has 0 heterocycles. The number of hydrogen-bond acceptors (Lipinski definition) is 5. The van der Waals surface area contributed by atoms with E-state index in [-0.39, 0.29) is 24.9 Å². The molecule has 0 saturated heterocycles. The second kappa shape index (κ2) is 50.6. The van der Waals surface area contributed by atoms with Crippen LogP contribution in [0.15, 0.2) is 60.8 Å². The van der Waals surface area contributed by atoms with Crippen molar-refractivity contribution in [1.82, 2.24) is 5.32 Å². The van der Waals surface area contributed by atoms with Crippen molar-refractivity contribution in [3.8, 4) is 0 Å². The molecular formula is C57H103NO5. The average molecular weight is 882 g/mol. The molecule has 0 aromatic carbocycles. The predicted molar refractivity (Wildman–Crippen MR) is 273 cm³/mol. The van der Waals surface area contributed by atoms with Gasteiger partial charge in [-0.25, -0.2) is 0 Å². The maximum absolute atomic E-state index is 13.2. The summed E-state index contributed by atoms with van der Waals surface area (Å²) < 4.78 is 5.93. The van der Waals surface area contributed by atoms with E-state index in [4.69, 9.17) is 4.74 Å². The molecule has 0 aromatic heterocycles. The summed E-state index contributed by atoms with van der Waals surface area (Å²) in [7, 11) is 0. The summed E-state index contributed by atoms with van der Waals surface area (Å²) in [5.74, 6) is -0.508. The Labute approximate surface area is 390 Å². The van der Waals surface area contributed by atoms with Gasteiger partial charge >= 0.3 is 5.97 Å². The van der Waals surface area contributed by atoms with Crippen LogP contribution in [-0.2, 0) is 14.3 Å². The third-order valence-electron chi connectivity index (χ3n) is 12.2. The molecule has 0 aliphatic carbocycles. The minimum Gasteiger partial charge on any atom is -0.462 e. The summed E-state index contributed by atoms with van der Waals surface area (Å²) in [5.41, 5.74) is 0. The maximum Gasteiger partial charge on any atom is 0.306 e. The van der Waals surface area contributed by atoms with Gasteiger partial charge in [0.15, 0.2) is 0 Å². The van der Waals surface area contributed by atoms with Crippen molar-refractivity contribution in [2.45, 2.75) is 283 Å². The van der Waals surface area contributed by atoms with Crippen molar-refractivity contribution >= 4 is 11.9 Å². The highest BCUT2D eigenvalue weighted by molar-refractivity contribution is 5.77. The molecule has 3 N–H and O–H groups in total. The molecule has 0 fully saturated rings. The van der Waals surface area contributed by atoms with Crippen molar-refractivity contribution in [2.24, 2.45) is 0 Å². The van der Waals surface area contributed by atoms with Crippen molar-refractivity contribution in [1.29, 1.82) is 0 Å². The molecule has 0 saturated carbocycles. The first kappa shape index (κ1) is 60.6. The van der Waals surface area contributed by atoms with Crippen LogP contribution in [0.3, 0.4) is 0 Å². The summed E-state index contributed by atoms with van der Waals surface area (Å²) in [6.07, 6.45) is 62.8. The normalized spacial score (nSPS) is 13.7. The Morgan fingerprint density at radius 3 is 1.30 bits per heavy atom. The van der Waals surface area contributed by atoms with Gasteiger partial charge in [-0.05, 0) is 70.6 Å². The van der Waals surface area contributed by atoms with Crippen molar-refractivity contribution in [3.05, 3.63) is 60.8 Å². The molecule has 1 amide bonds. The molecule has 3 unspecified atom stereocenters. The van der Waals surface area contributed by atoms with Crippen molar-refractivity contribution in [2.75, 3.05) is 6.61 Å². The van der Waals surface area contributed by atoms with Crippen LogP contribution >= 0.6 is 0 Å². The van der Waals surface area contributed by atoms with E-state index in [0.717, 1.165) is 103 Å². The van der Waals surface area contributed by atoms with E-state index in [1.54, 1.807) is 0 Å². The summed E-state index contributed by atoms with van der Waals surface area (Å²) >= 11 is 0. The van der Waals surface area contributed by atoms with E-state index >= 15 is 0 Å². The molecule has 0 aliphatic rings. The fourth-order valence-electron chi connectivity index (χ4n) is 8.07. The Morgan fingerprint density at radius 2 is 0.857 bits per heavy atom. The minimum absolute atomic E-state index is 0.0568. The molecule has 6 nitrogen and oxygen atoms in total. The number of rotatable bonds is 48. The number of carbonyl (C=O) groups excluding carboxylic acids is 2. The van der Waals surface area contributed by atoms with Crippen LogP contribution in [0.25, 0.3) is 0 Å². The fraction of sp³-hybridized carbons (Fsp3) is 0.789.